The molecule has 0 aliphatic rings. The maximum absolute atomic E-state index is 12.7. The van der Waals surface area contributed by atoms with Crippen LogP contribution in [-0.4, -0.2) is 18.1 Å². The van der Waals surface area contributed by atoms with E-state index in [0.717, 1.165) is 13.2 Å². The van der Waals surface area contributed by atoms with Crippen molar-refractivity contribution >= 4 is 33.5 Å². The summed E-state index contributed by atoms with van der Waals surface area (Å²) < 4.78 is 29.8. The van der Waals surface area contributed by atoms with Crippen LogP contribution in [0, 0.1) is 0 Å². The summed E-state index contributed by atoms with van der Waals surface area (Å²) in [5, 5.41) is -0.00689. The number of pyridine rings is 1. The number of aromatic nitrogens is 1. The van der Waals surface area contributed by atoms with E-state index < -0.39 is 18.0 Å². The van der Waals surface area contributed by atoms with Crippen molar-refractivity contribution in [2.24, 2.45) is 0 Å². The summed E-state index contributed by atoms with van der Waals surface area (Å²) in [5.41, 5.74) is -0.530. The first-order valence-corrected chi connectivity index (χ1v) is 5.63. The number of nitrogens with zero attached hydrogens (tertiary/aromatic N) is 1. The Morgan fingerprint density at radius 1 is 1.69 bits per heavy atom. The van der Waals surface area contributed by atoms with Crippen LogP contribution >= 0.6 is 27.5 Å². The molecule has 0 atom stereocenters. The van der Waals surface area contributed by atoms with E-state index in [2.05, 4.69) is 25.7 Å². The second-order valence-electron chi connectivity index (χ2n) is 2.79. The van der Waals surface area contributed by atoms with E-state index in [1.165, 1.54) is 0 Å². The summed E-state index contributed by atoms with van der Waals surface area (Å²) in [6, 6.07) is 1.12. The van der Waals surface area contributed by atoms with Gasteiger partial charge in [0.2, 0.25) is 0 Å². The van der Waals surface area contributed by atoms with Gasteiger partial charge in [0.05, 0.1) is 12.8 Å². The van der Waals surface area contributed by atoms with Crippen molar-refractivity contribution in [3.63, 3.8) is 0 Å². The van der Waals surface area contributed by atoms with E-state index in [1.54, 1.807) is 0 Å². The lowest BCUT2D eigenvalue weighted by Gasteiger charge is -2.09. The van der Waals surface area contributed by atoms with E-state index >= 15 is 0 Å². The van der Waals surface area contributed by atoms with Crippen molar-refractivity contribution in [3.8, 4) is 0 Å². The van der Waals surface area contributed by atoms with Crippen LogP contribution < -0.4 is 0 Å². The average Bonchev–Trinajstić information content (AvgIpc) is 2.26. The highest BCUT2D eigenvalue weighted by Crippen LogP contribution is 2.29. The minimum atomic E-state index is -2.81. The Balaban J connectivity index is 3.39. The zero-order valence-corrected chi connectivity index (χ0v) is 10.5. The van der Waals surface area contributed by atoms with Gasteiger partial charge in [0.15, 0.2) is 0 Å². The highest BCUT2D eigenvalue weighted by atomic mass is 79.9. The van der Waals surface area contributed by atoms with Gasteiger partial charge in [-0.2, -0.15) is 0 Å². The van der Waals surface area contributed by atoms with Crippen molar-refractivity contribution in [1.82, 2.24) is 4.98 Å². The van der Waals surface area contributed by atoms with E-state index in [-0.39, 0.29) is 16.0 Å². The molecule has 0 amide bonds. The lowest BCUT2D eigenvalue weighted by molar-refractivity contribution is 0.0589. The first-order valence-electron chi connectivity index (χ1n) is 4.13. The fourth-order valence-electron chi connectivity index (χ4n) is 1.13. The summed E-state index contributed by atoms with van der Waals surface area (Å²) in [6.45, 7) is 0. The molecule has 0 spiro atoms. The predicted molar refractivity (Wildman–Crippen MR) is 58.2 cm³/mol. The number of methoxy groups -OCH3 is 1. The molecule has 1 aromatic heterocycles. The molecule has 0 saturated carbocycles. The van der Waals surface area contributed by atoms with Crippen LogP contribution in [0.1, 0.15) is 28.0 Å². The molecule has 88 valence electrons. The number of hydrogen-bond donors (Lipinski definition) is 0. The van der Waals surface area contributed by atoms with Gasteiger partial charge < -0.3 is 4.74 Å². The Morgan fingerprint density at radius 3 is 2.75 bits per heavy atom. The van der Waals surface area contributed by atoms with Gasteiger partial charge in [-0.25, -0.2) is 18.6 Å². The molecule has 0 saturated heterocycles. The molecule has 0 N–H and O–H groups in total. The van der Waals surface area contributed by atoms with Crippen molar-refractivity contribution in [1.29, 1.82) is 0 Å². The Morgan fingerprint density at radius 2 is 2.31 bits per heavy atom. The third-order valence-electron chi connectivity index (χ3n) is 1.82. The number of alkyl halides is 3. The molecule has 0 fully saturated rings. The minimum absolute atomic E-state index is 0.272. The van der Waals surface area contributed by atoms with E-state index in [9.17, 15) is 13.6 Å². The molecule has 7 heteroatoms. The van der Waals surface area contributed by atoms with Gasteiger partial charge in [-0.3, -0.25) is 0 Å². The molecule has 0 aliphatic carbocycles. The topological polar surface area (TPSA) is 39.2 Å². The van der Waals surface area contributed by atoms with Crippen LogP contribution in [0.25, 0.3) is 0 Å². The normalized spacial score (nSPS) is 10.6. The van der Waals surface area contributed by atoms with Gasteiger partial charge in [-0.15, -0.1) is 0 Å². The molecule has 0 radical (unpaired) electrons. The number of esters is 1. The molecule has 0 aromatic carbocycles. The smallest absolute Gasteiger partial charge is 0.341 e. The Kier molecular flexibility index (Phi) is 4.61. The van der Waals surface area contributed by atoms with Crippen molar-refractivity contribution in [3.05, 3.63) is 28.0 Å². The molecule has 0 aliphatic heterocycles. The first kappa shape index (κ1) is 13.3. The third kappa shape index (κ3) is 2.68. The highest BCUT2D eigenvalue weighted by Gasteiger charge is 2.24. The van der Waals surface area contributed by atoms with Crippen molar-refractivity contribution in [2.75, 3.05) is 7.11 Å². The van der Waals surface area contributed by atoms with Crippen LogP contribution in [0.3, 0.4) is 0 Å². The molecular formula is C9H7BrClF2NO2. The van der Waals surface area contributed by atoms with Crippen LogP contribution in [0.5, 0.6) is 0 Å². The third-order valence-corrected chi connectivity index (χ3v) is 2.67. The number of ether oxygens (including phenoxy) is 1. The van der Waals surface area contributed by atoms with E-state index in [1.807, 2.05) is 0 Å². The number of halogens is 4. The van der Waals surface area contributed by atoms with Gasteiger partial charge in [0.25, 0.3) is 6.43 Å². The molecule has 3 nitrogen and oxygen atoms in total. The van der Waals surface area contributed by atoms with Crippen molar-refractivity contribution < 1.29 is 18.3 Å². The summed E-state index contributed by atoms with van der Waals surface area (Å²) in [5.74, 6) is -0.922. The Hall–Kier alpha value is -0.750. The maximum atomic E-state index is 12.7. The minimum Gasteiger partial charge on any atom is -0.465 e. The van der Waals surface area contributed by atoms with Gasteiger partial charge >= 0.3 is 5.97 Å². The Bertz CT molecular complexity index is 415. The van der Waals surface area contributed by atoms with Gasteiger partial charge in [0, 0.05) is 10.9 Å². The average molecular weight is 315 g/mol. The fourth-order valence-corrected chi connectivity index (χ4v) is 1.71. The summed E-state index contributed by atoms with van der Waals surface area (Å²) in [6.07, 6.45) is -2.81. The molecule has 1 heterocycles. The molecule has 0 unspecified atom stereocenters. The zero-order valence-electron chi connectivity index (χ0n) is 8.14. The SMILES string of the molecule is COC(=O)c1c(C(F)F)cc(CBr)nc1Cl. The Labute approximate surface area is 104 Å². The molecule has 1 rings (SSSR count). The van der Waals surface area contributed by atoms with Gasteiger partial charge in [-0.1, -0.05) is 27.5 Å². The first-order chi connectivity index (χ1) is 7.51. The van der Waals surface area contributed by atoms with Crippen LogP contribution in [0.4, 0.5) is 8.78 Å². The number of carbonyl (C=O) groups is 1. The van der Waals surface area contributed by atoms with Crippen LogP contribution in [0.2, 0.25) is 5.15 Å². The van der Waals surface area contributed by atoms with Crippen LogP contribution in [-0.2, 0) is 10.1 Å². The largest absolute Gasteiger partial charge is 0.465 e. The lowest BCUT2D eigenvalue weighted by atomic mass is 10.1. The lowest BCUT2D eigenvalue weighted by Crippen LogP contribution is -2.09. The molecule has 1 aromatic rings. The molecule has 16 heavy (non-hydrogen) atoms. The number of hydrogen-bond acceptors (Lipinski definition) is 3. The molecule has 0 bridgehead atoms. The zero-order chi connectivity index (χ0) is 12.3. The number of rotatable bonds is 3. The summed E-state index contributed by atoms with van der Waals surface area (Å²) in [7, 11) is 1.09. The number of carbonyl (C=O) groups excluding carboxylic acids is 1. The van der Waals surface area contributed by atoms with Crippen molar-refractivity contribution in [2.45, 2.75) is 11.8 Å². The van der Waals surface area contributed by atoms with Crippen LogP contribution in [0.15, 0.2) is 6.07 Å². The second kappa shape index (κ2) is 5.54. The van der Waals surface area contributed by atoms with Gasteiger partial charge in [-0.05, 0) is 6.07 Å². The fraction of sp³-hybridized carbons (Fsp3) is 0.333. The maximum Gasteiger partial charge on any atom is 0.341 e. The second-order valence-corrected chi connectivity index (χ2v) is 3.71. The molecular weight excluding hydrogens is 307 g/mol. The van der Waals surface area contributed by atoms with E-state index in [4.69, 9.17) is 11.6 Å². The van der Waals surface area contributed by atoms with Gasteiger partial charge in [0.1, 0.15) is 10.7 Å². The quantitative estimate of drug-likeness (QED) is 0.488. The standard InChI is InChI=1S/C9H7BrClF2NO2/c1-16-9(15)6-5(8(12)13)2-4(3-10)14-7(6)11/h2,8H,3H2,1H3. The predicted octanol–water partition coefficient (Wildman–Crippen LogP) is 3.35. The highest BCUT2D eigenvalue weighted by molar-refractivity contribution is 9.08. The van der Waals surface area contributed by atoms with E-state index in [0.29, 0.717) is 5.69 Å². The summed E-state index contributed by atoms with van der Waals surface area (Å²) in [4.78, 5) is 15.1. The monoisotopic (exact) mass is 313 g/mol. The summed E-state index contributed by atoms with van der Waals surface area (Å²) >= 11 is 8.74.